The van der Waals surface area contributed by atoms with Crippen LogP contribution in [-0.2, 0) is 0 Å². The molecule has 0 unspecified atom stereocenters. The summed E-state index contributed by atoms with van der Waals surface area (Å²) in [6.45, 7) is 2.25. The van der Waals surface area contributed by atoms with Crippen LogP contribution in [0, 0.1) is 6.92 Å². The van der Waals surface area contributed by atoms with Crippen LogP contribution in [0.5, 0.6) is 5.75 Å². The summed E-state index contributed by atoms with van der Waals surface area (Å²) in [5.41, 5.74) is 0.952. The Balaban J connectivity index is 2.69. The molecule has 1 rings (SSSR count). The monoisotopic (exact) mass is 210 g/mol. The van der Waals surface area contributed by atoms with E-state index in [2.05, 4.69) is 0 Å². The van der Waals surface area contributed by atoms with Crippen LogP contribution in [0.1, 0.15) is 22.3 Å². The number of hydrogen-bond acceptors (Lipinski definition) is 3. The highest BCUT2D eigenvalue weighted by Crippen LogP contribution is 2.17. The first-order valence-electron chi connectivity index (χ1n) is 4.72. The first-order chi connectivity index (χ1) is 7.15. The molecule has 0 heterocycles. The molecular weight excluding hydrogens is 196 g/mol. The molecule has 2 N–H and O–H groups in total. The van der Waals surface area contributed by atoms with E-state index in [4.69, 9.17) is 14.9 Å². The Morgan fingerprint density at radius 2 is 2.20 bits per heavy atom. The molecule has 0 spiro atoms. The lowest BCUT2D eigenvalue weighted by molar-refractivity contribution is 0.0696. The maximum atomic E-state index is 10.7. The minimum Gasteiger partial charge on any atom is -0.493 e. The van der Waals surface area contributed by atoms with Gasteiger partial charge in [-0.2, -0.15) is 0 Å². The van der Waals surface area contributed by atoms with Crippen molar-refractivity contribution in [3.63, 3.8) is 0 Å². The predicted octanol–water partition coefficient (Wildman–Crippen LogP) is 1.45. The van der Waals surface area contributed by atoms with Gasteiger partial charge in [-0.15, -0.1) is 0 Å². The third-order valence-corrected chi connectivity index (χ3v) is 2.00. The van der Waals surface area contributed by atoms with Crippen molar-refractivity contribution in [2.75, 3.05) is 13.2 Å². The van der Waals surface area contributed by atoms with E-state index >= 15 is 0 Å². The number of aliphatic hydroxyl groups is 1. The van der Waals surface area contributed by atoms with Crippen LogP contribution in [0.3, 0.4) is 0 Å². The Morgan fingerprint density at radius 3 is 2.73 bits per heavy atom. The fourth-order valence-electron chi connectivity index (χ4n) is 1.22. The minimum absolute atomic E-state index is 0.0895. The van der Waals surface area contributed by atoms with E-state index in [1.54, 1.807) is 19.1 Å². The van der Waals surface area contributed by atoms with Crippen LogP contribution in [0.25, 0.3) is 0 Å². The number of carbonyl (C=O) groups is 1. The van der Waals surface area contributed by atoms with E-state index in [0.29, 0.717) is 24.3 Å². The molecule has 0 aliphatic carbocycles. The van der Waals surface area contributed by atoms with Crippen LogP contribution in [0.4, 0.5) is 0 Å². The quantitative estimate of drug-likeness (QED) is 0.722. The summed E-state index contributed by atoms with van der Waals surface area (Å²) in [7, 11) is 0. The van der Waals surface area contributed by atoms with Crippen molar-refractivity contribution in [3.05, 3.63) is 29.3 Å². The molecule has 0 amide bonds. The molecule has 1 aromatic rings. The highest BCUT2D eigenvalue weighted by Gasteiger charge is 2.07. The van der Waals surface area contributed by atoms with E-state index in [0.717, 1.165) is 0 Å². The molecule has 4 heteroatoms. The summed E-state index contributed by atoms with van der Waals surface area (Å²) in [5.74, 6) is -0.305. The molecule has 0 saturated carbocycles. The standard InChI is InChI=1S/C11H14O4/c1-8-7-9(15-6-2-5-12)3-4-10(8)11(13)14/h3-4,7,12H,2,5-6H2,1H3,(H,13,14). The smallest absolute Gasteiger partial charge is 0.335 e. The molecule has 0 fully saturated rings. The zero-order valence-electron chi connectivity index (χ0n) is 8.56. The van der Waals surface area contributed by atoms with Crippen LogP contribution in [0.2, 0.25) is 0 Å². The van der Waals surface area contributed by atoms with Crippen molar-refractivity contribution in [2.24, 2.45) is 0 Å². The molecule has 15 heavy (non-hydrogen) atoms. The Hall–Kier alpha value is -1.55. The third kappa shape index (κ3) is 3.25. The molecule has 82 valence electrons. The normalized spacial score (nSPS) is 10.0. The lowest BCUT2D eigenvalue weighted by Gasteiger charge is -2.07. The second-order valence-corrected chi connectivity index (χ2v) is 3.21. The molecule has 0 saturated heterocycles. The van der Waals surface area contributed by atoms with Crippen molar-refractivity contribution >= 4 is 5.97 Å². The first-order valence-corrected chi connectivity index (χ1v) is 4.72. The van der Waals surface area contributed by atoms with Gasteiger partial charge in [0.2, 0.25) is 0 Å². The number of carboxylic acid groups (broad SMARTS) is 1. The van der Waals surface area contributed by atoms with Gasteiger partial charge in [0.05, 0.1) is 12.2 Å². The van der Waals surface area contributed by atoms with Crippen molar-refractivity contribution < 1.29 is 19.7 Å². The molecule has 0 atom stereocenters. The van der Waals surface area contributed by atoms with Crippen molar-refractivity contribution in [2.45, 2.75) is 13.3 Å². The summed E-state index contributed by atoms with van der Waals surface area (Å²) in [4.78, 5) is 10.7. The van der Waals surface area contributed by atoms with E-state index in [9.17, 15) is 4.79 Å². The van der Waals surface area contributed by atoms with Gasteiger partial charge in [-0.25, -0.2) is 4.79 Å². The predicted molar refractivity (Wildman–Crippen MR) is 55.3 cm³/mol. The third-order valence-electron chi connectivity index (χ3n) is 2.00. The highest BCUT2D eigenvalue weighted by atomic mass is 16.5. The number of benzene rings is 1. The van der Waals surface area contributed by atoms with Crippen LogP contribution >= 0.6 is 0 Å². The Kier molecular flexibility index (Phi) is 4.12. The molecule has 0 aromatic heterocycles. The number of rotatable bonds is 5. The average Bonchev–Trinajstić information content (AvgIpc) is 2.17. The number of hydrogen-bond donors (Lipinski definition) is 2. The number of ether oxygens (including phenoxy) is 1. The maximum absolute atomic E-state index is 10.7. The summed E-state index contributed by atoms with van der Waals surface area (Å²) >= 11 is 0. The van der Waals surface area contributed by atoms with Gasteiger partial charge < -0.3 is 14.9 Å². The van der Waals surface area contributed by atoms with Gasteiger partial charge in [0, 0.05) is 13.0 Å². The van der Waals surface area contributed by atoms with Gasteiger partial charge in [-0.3, -0.25) is 0 Å². The second-order valence-electron chi connectivity index (χ2n) is 3.21. The van der Waals surface area contributed by atoms with Gasteiger partial charge >= 0.3 is 5.97 Å². The zero-order valence-corrected chi connectivity index (χ0v) is 8.56. The zero-order chi connectivity index (χ0) is 11.3. The molecule has 1 aromatic carbocycles. The topological polar surface area (TPSA) is 66.8 Å². The van der Waals surface area contributed by atoms with E-state index in [1.165, 1.54) is 6.07 Å². The average molecular weight is 210 g/mol. The van der Waals surface area contributed by atoms with Crippen LogP contribution in [-0.4, -0.2) is 29.4 Å². The number of aromatic carboxylic acids is 1. The Bertz CT molecular complexity index is 346. The van der Waals surface area contributed by atoms with Gasteiger partial charge in [0.25, 0.3) is 0 Å². The fourth-order valence-corrected chi connectivity index (χ4v) is 1.22. The van der Waals surface area contributed by atoms with Crippen LogP contribution in [0.15, 0.2) is 18.2 Å². The summed E-state index contributed by atoms with van der Waals surface area (Å²) in [6, 6.07) is 4.82. The number of aliphatic hydroxyl groups excluding tert-OH is 1. The van der Waals surface area contributed by atoms with Gasteiger partial charge in [-0.05, 0) is 30.7 Å². The maximum Gasteiger partial charge on any atom is 0.335 e. The van der Waals surface area contributed by atoms with Gasteiger partial charge in [0.15, 0.2) is 0 Å². The number of aryl methyl sites for hydroxylation is 1. The molecule has 0 aliphatic rings. The Labute approximate surface area is 88.1 Å². The highest BCUT2D eigenvalue weighted by molar-refractivity contribution is 5.89. The SMILES string of the molecule is Cc1cc(OCCCO)ccc1C(=O)O. The fraction of sp³-hybridized carbons (Fsp3) is 0.364. The van der Waals surface area contributed by atoms with E-state index < -0.39 is 5.97 Å². The molecule has 0 aliphatic heterocycles. The Morgan fingerprint density at radius 1 is 1.47 bits per heavy atom. The van der Waals surface area contributed by atoms with Gasteiger partial charge in [-0.1, -0.05) is 0 Å². The second kappa shape index (κ2) is 5.36. The van der Waals surface area contributed by atoms with Gasteiger partial charge in [0.1, 0.15) is 5.75 Å². The minimum atomic E-state index is -0.936. The van der Waals surface area contributed by atoms with Crippen molar-refractivity contribution in [3.8, 4) is 5.75 Å². The van der Waals surface area contributed by atoms with E-state index in [1.807, 2.05) is 0 Å². The summed E-state index contributed by atoms with van der Waals surface area (Å²) in [5, 5.41) is 17.4. The largest absolute Gasteiger partial charge is 0.493 e. The van der Waals surface area contributed by atoms with Crippen LogP contribution < -0.4 is 4.74 Å². The molecular formula is C11H14O4. The lowest BCUT2D eigenvalue weighted by atomic mass is 10.1. The summed E-state index contributed by atoms with van der Waals surface area (Å²) in [6.07, 6.45) is 0.569. The lowest BCUT2D eigenvalue weighted by Crippen LogP contribution is -2.02. The number of carboxylic acids is 1. The molecule has 0 bridgehead atoms. The first kappa shape index (κ1) is 11.5. The molecule has 0 radical (unpaired) electrons. The van der Waals surface area contributed by atoms with Crippen molar-refractivity contribution in [1.29, 1.82) is 0 Å². The molecule has 4 nitrogen and oxygen atoms in total. The summed E-state index contributed by atoms with van der Waals surface area (Å²) < 4.78 is 5.31. The van der Waals surface area contributed by atoms with Crippen molar-refractivity contribution in [1.82, 2.24) is 0 Å². The van der Waals surface area contributed by atoms with E-state index in [-0.39, 0.29) is 12.2 Å².